The predicted octanol–water partition coefficient (Wildman–Crippen LogP) is 2.28. The molecule has 0 radical (unpaired) electrons. The van der Waals surface area contributed by atoms with Crippen molar-refractivity contribution >= 4 is 17.5 Å². The summed E-state index contributed by atoms with van der Waals surface area (Å²) < 4.78 is 0. The quantitative estimate of drug-likeness (QED) is 0.781. The Morgan fingerprint density at radius 3 is 2.18 bits per heavy atom. The summed E-state index contributed by atoms with van der Waals surface area (Å²) in [7, 11) is 0. The van der Waals surface area contributed by atoms with Crippen LogP contribution < -0.4 is 15.8 Å². The van der Waals surface area contributed by atoms with Gasteiger partial charge in [0, 0.05) is 50.4 Å². The van der Waals surface area contributed by atoms with Crippen LogP contribution in [-0.4, -0.2) is 49.4 Å². The van der Waals surface area contributed by atoms with Gasteiger partial charge in [-0.1, -0.05) is 35.4 Å². The molecule has 2 amide bonds. The highest BCUT2D eigenvalue weighted by molar-refractivity contribution is 5.95. The van der Waals surface area contributed by atoms with Gasteiger partial charge in [0.05, 0.1) is 0 Å². The Kier molecular flexibility index (Phi) is 6.66. The van der Waals surface area contributed by atoms with Crippen molar-refractivity contribution in [1.82, 2.24) is 15.8 Å². The molecule has 0 bridgehead atoms. The highest BCUT2D eigenvalue weighted by Crippen LogP contribution is 2.15. The van der Waals surface area contributed by atoms with E-state index in [2.05, 4.69) is 44.9 Å². The highest BCUT2D eigenvalue weighted by atomic mass is 16.2. The van der Waals surface area contributed by atoms with Gasteiger partial charge in [0.1, 0.15) is 0 Å². The zero-order valence-electron chi connectivity index (χ0n) is 16.6. The second kappa shape index (κ2) is 9.37. The van der Waals surface area contributed by atoms with Gasteiger partial charge in [-0.05, 0) is 38.1 Å². The largest absolute Gasteiger partial charge is 0.369 e. The normalized spacial score (nSPS) is 14.6. The Bertz CT molecular complexity index is 794. The molecule has 2 aromatic carbocycles. The summed E-state index contributed by atoms with van der Waals surface area (Å²) in [5, 5.41) is 0. The van der Waals surface area contributed by atoms with Crippen LogP contribution in [0.4, 0.5) is 5.69 Å². The molecule has 3 rings (SSSR count). The number of aryl methyl sites for hydroxylation is 2. The molecular formula is C22H28N4O2. The van der Waals surface area contributed by atoms with Gasteiger partial charge in [-0.3, -0.25) is 25.3 Å². The maximum Gasteiger partial charge on any atom is 0.269 e. The lowest BCUT2D eigenvalue weighted by Crippen LogP contribution is -2.48. The summed E-state index contributed by atoms with van der Waals surface area (Å²) in [4.78, 5) is 28.9. The van der Waals surface area contributed by atoms with Gasteiger partial charge in [0.2, 0.25) is 5.91 Å². The number of piperazine rings is 1. The number of rotatable bonds is 5. The Labute approximate surface area is 166 Å². The molecular weight excluding hydrogens is 352 g/mol. The molecule has 0 aliphatic carbocycles. The average Bonchev–Trinajstić information content (AvgIpc) is 2.71. The topological polar surface area (TPSA) is 64.7 Å². The minimum atomic E-state index is -0.295. The van der Waals surface area contributed by atoms with Gasteiger partial charge >= 0.3 is 0 Å². The van der Waals surface area contributed by atoms with Crippen molar-refractivity contribution in [2.75, 3.05) is 37.6 Å². The molecule has 1 saturated heterocycles. The van der Waals surface area contributed by atoms with Crippen LogP contribution >= 0.6 is 0 Å². The van der Waals surface area contributed by atoms with Gasteiger partial charge in [-0.25, -0.2) is 0 Å². The third kappa shape index (κ3) is 5.57. The molecule has 1 fully saturated rings. The van der Waals surface area contributed by atoms with E-state index in [1.54, 1.807) is 12.1 Å². The highest BCUT2D eigenvalue weighted by Gasteiger charge is 2.17. The number of hydrazine groups is 1. The SMILES string of the molecule is Cc1cc(C)cc(C(=O)NNC(=O)CCN2CCN(c3ccccc3)CC2)c1. The first kappa shape index (κ1) is 19.9. The van der Waals surface area contributed by atoms with Crippen LogP contribution in [0.15, 0.2) is 48.5 Å². The van der Waals surface area contributed by atoms with Gasteiger partial charge in [0.15, 0.2) is 0 Å². The number of carbonyl (C=O) groups excluding carboxylic acids is 2. The van der Waals surface area contributed by atoms with Crippen molar-refractivity contribution in [2.45, 2.75) is 20.3 Å². The molecule has 1 aliphatic rings. The molecule has 0 unspecified atom stereocenters. The molecule has 2 N–H and O–H groups in total. The molecule has 1 heterocycles. The van der Waals surface area contributed by atoms with Crippen LogP contribution in [0.3, 0.4) is 0 Å². The second-order valence-electron chi connectivity index (χ2n) is 7.29. The first-order valence-electron chi connectivity index (χ1n) is 9.71. The van der Waals surface area contributed by atoms with E-state index in [1.165, 1.54) is 5.69 Å². The lowest BCUT2D eigenvalue weighted by Gasteiger charge is -2.36. The van der Waals surface area contributed by atoms with E-state index in [0.29, 0.717) is 18.5 Å². The van der Waals surface area contributed by atoms with E-state index in [9.17, 15) is 9.59 Å². The Morgan fingerprint density at radius 2 is 1.54 bits per heavy atom. The number of nitrogens with one attached hydrogen (secondary N) is 2. The molecule has 0 atom stereocenters. The zero-order valence-corrected chi connectivity index (χ0v) is 16.6. The number of hydrogen-bond acceptors (Lipinski definition) is 4. The molecule has 0 spiro atoms. The van der Waals surface area contributed by atoms with Gasteiger partial charge < -0.3 is 4.90 Å². The van der Waals surface area contributed by atoms with Crippen LogP contribution in [0.2, 0.25) is 0 Å². The molecule has 2 aromatic rings. The Morgan fingerprint density at radius 1 is 0.893 bits per heavy atom. The predicted molar refractivity (Wildman–Crippen MR) is 111 cm³/mol. The van der Waals surface area contributed by atoms with E-state index < -0.39 is 0 Å². The number of nitrogens with zero attached hydrogens (tertiary/aromatic N) is 2. The summed E-state index contributed by atoms with van der Waals surface area (Å²) in [5.41, 5.74) is 8.86. The maximum atomic E-state index is 12.2. The second-order valence-corrected chi connectivity index (χ2v) is 7.29. The van der Waals surface area contributed by atoms with Gasteiger partial charge in [-0.2, -0.15) is 0 Å². The molecule has 6 nitrogen and oxygen atoms in total. The number of benzene rings is 2. The van der Waals surface area contributed by atoms with Gasteiger partial charge in [-0.15, -0.1) is 0 Å². The molecule has 0 aromatic heterocycles. The number of anilines is 1. The van der Waals surface area contributed by atoms with Crippen molar-refractivity contribution in [3.05, 3.63) is 65.2 Å². The van der Waals surface area contributed by atoms with Crippen LogP contribution in [-0.2, 0) is 4.79 Å². The van der Waals surface area contributed by atoms with Crippen LogP contribution in [0.25, 0.3) is 0 Å². The minimum Gasteiger partial charge on any atom is -0.369 e. The van der Waals surface area contributed by atoms with Crippen LogP contribution in [0.1, 0.15) is 27.9 Å². The summed E-state index contributed by atoms with van der Waals surface area (Å²) in [6.45, 7) is 8.34. The van der Waals surface area contributed by atoms with Crippen LogP contribution in [0, 0.1) is 13.8 Å². The van der Waals surface area contributed by atoms with Crippen molar-refractivity contribution in [1.29, 1.82) is 0 Å². The number of amides is 2. The third-order valence-corrected chi connectivity index (χ3v) is 4.95. The summed E-state index contributed by atoms with van der Waals surface area (Å²) in [6, 6.07) is 16.0. The smallest absolute Gasteiger partial charge is 0.269 e. The lowest BCUT2D eigenvalue weighted by molar-refractivity contribution is -0.122. The first-order chi connectivity index (χ1) is 13.5. The molecule has 148 valence electrons. The van der Waals surface area contributed by atoms with Crippen molar-refractivity contribution in [3.8, 4) is 0 Å². The number of para-hydroxylation sites is 1. The minimum absolute atomic E-state index is 0.178. The Balaban J connectivity index is 1.37. The average molecular weight is 380 g/mol. The fourth-order valence-electron chi connectivity index (χ4n) is 3.50. The summed E-state index contributed by atoms with van der Waals surface area (Å²) in [6.07, 6.45) is 0.360. The molecule has 6 heteroatoms. The van der Waals surface area contributed by atoms with Crippen molar-refractivity contribution < 1.29 is 9.59 Å². The fourth-order valence-corrected chi connectivity index (χ4v) is 3.50. The fraction of sp³-hybridized carbons (Fsp3) is 0.364. The third-order valence-electron chi connectivity index (χ3n) is 4.95. The number of hydrogen-bond donors (Lipinski definition) is 2. The molecule has 0 saturated carbocycles. The van der Waals surface area contributed by atoms with Crippen molar-refractivity contribution in [2.24, 2.45) is 0 Å². The van der Waals surface area contributed by atoms with E-state index in [4.69, 9.17) is 0 Å². The van der Waals surface area contributed by atoms with E-state index in [-0.39, 0.29) is 11.8 Å². The Hall–Kier alpha value is -2.86. The van der Waals surface area contributed by atoms with Gasteiger partial charge in [0.25, 0.3) is 5.91 Å². The zero-order chi connectivity index (χ0) is 19.9. The van der Waals surface area contributed by atoms with E-state index in [1.807, 2.05) is 26.0 Å². The van der Waals surface area contributed by atoms with Crippen molar-refractivity contribution in [3.63, 3.8) is 0 Å². The van der Waals surface area contributed by atoms with E-state index in [0.717, 1.165) is 37.3 Å². The molecule has 1 aliphatic heterocycles. The van der Waals surface area contributed by atoms with Crippen LogP contribution in [0.5, 0.6) is 0 Å². The first-order valence-corrected chi connectivity index (χ1v) is 9.71. The summed E-state index contributed by atoms with van der Waals surface area (Å²) in [5.74, 6) is -0.472. The maximum absolute atomic E-state index is 12.2. The standard InChI is InChI=1S/C22H28N4O2/c1-17-14-18(2)16-19(15-17)22(28)24-23-21(27)8-9-25-10-12-26(13-11-25)20-6-4-3-5-7-20/h3-7,14-16H,8-13H2,1-2H3,(H,23,27)(H,24,28). The lowest BCUT2D eigenvalue weighted by atomic mass is 10.1. The number of carbonyl (C=O) groups is 2. The van der Waals surface area contributed by atoms with E-state index >= 15 is 0 Å². The summed E-state index contributed by atoms with van der Waals surface area (Å²) >= 11 is 0. The monoisotopic (exact) mass is 380 g/mol. The molecule has 28 heavy (non-hydrogen) atoms.